The van der Waals surface area contributed by atoms with E-state index in [0.29, 0.717) is 0 Å². The number of amides is 3. The van der Waals surface area contributed by atoms with Crippen LogP contribution in [-0.4, -0.2) is 105 Å². The second-order valence-electron chi connectivity index (χ2n) is 8.19. The van der Waals surface area contributed by atoms with Crippen molar-refractivity contribution in [1.29, 1.82) is 0 Å². The molecule has 0 spiro atoms. The summed E-state index contributed by atoms with van der Waals surface area (Å²) in [5, 5.41) is 16.4. The number of carbonyl (C=O) groups is 4. The number of β-lactam (4-membered cyclic amide) rings is 1. The highest BCUT2D eigenvalue weighted by atomic mass is 32.2. The molecule has 2 aliphatic rings. The van der Waals surface area contributed by atoms with Crippen molar-refractivity contribution in [2.24, 2.45) is 10.9 Å². The quantitative estimate of drug-likeness (QED) is 0.0882. The largest absolute Gasteiger partial charge is 0.478 e. The normalized spacial score (nSPS) is 22.8. The van der Waals surface area contributed by atoms with Gasteiger partial charge in [0.25, 0.3) is 11.8 Å². The summed E-state index contributed by atoms with van der Waals surface area (Å²) in [6.07, 6.45) is -1.49. The molecule has 7 N–H and O–H groups in total. The molecule has 0 aromatic carbocycles. The molecule has 2 aliphatic heterocycles. The van der Waals surface area contributed by atoms with E-state index in [0.717, 1.165) is 16.2 Å². The van der Waals surface area contributed by atoms with Gasteiger partial charge >= 0.3 is 22.4 Å². The van der Waals surface area contributed by atoms with Crippen LogP contribution in [0.1, 0.15) is 19.5 Å². The maximum absolute atomic E-state index is 13.0. The molecule has 0 aliphatic carbocycles. The zero-order valence-electron chi connectivity index (χ0n) is 18.9. The number of aliphatic carboxylic acids is 1. The molecule has 2 fully saturated rings. The average molecular weight is 550 g/mol. The molecule has 19 heteroatoms. The molecule has 3 atom stereocenters. The number of anilines is 1. The third-order valence-electron chi connectivity index (χ3n) is 5.18. The van der Waals surface area contributed by atoms with Gasteiger partial charge in [0.05, 0.1) is 12.6 Å². The molecule has 198 valence electrons. The first-order valence-electron chi connectivity index (χ1n) is 10.1. The topological polar surface area (TPSA) is 257 Å². The lowest BCUT2D eigenvalue weighted by atomic mass is 9.97. The van der Waals surface area contributed by atoms with Crippen LogP contribution in [0, 0.1) is 0 Å². The van der Waals surface area contributed by atoms with Crippen molar-refractivity contribution in [1.82, 2.24) is 19.5 Å². The molecule has 0 unspecified atom stereocenters. The first-order chi connectivity index (χ1) is 16.7. The van der Waals surface area contributed by atoms with Crippen LogP contribution in [-0.2, 0) is 34.3 Å². The van der Waals surface area contributed by atoms with E-state index in [1.807, 2.05) is 0 Å². The number of carboxylic acids is 1. The number of aromatic nitrogens is 1. The minimum absolute atomic E-state index is 0.00268. The number of carbonyl (C=O) groups excluding carboxylic acids is 3. The lowest BCUT2D eigenvalue weighted by Gasteiger charge is -2.45. The number of nitrogens with two attached hydrogens (primary N) is 2. The van der Waals surface area contributed by atoms with Gasteiger partial charge in [-0.25, -0.2) is 18.9 Å². The molecule has 36 heavy (non-hydrogen) atoms. The lowest BCUT2D eigenvalue weighted by molar-refractivity contribution is -0.161. The molecule has 0 saturated carbocycles. The van der Waals surface area contributed by atoms with E-state index in [4.69, 9.17) is 21.0 Å². The van der Waals surface area contributed by atoms with Gasteiger partial charge in [0.1, 0.15) is 17.8 Å². The molecular weight excluding hydrogens is 526 g/mol. The predicted molar refractivity (Wildman–Crippen MR) is 121 cm³/mol. The minimum atomic E-state index is -5.04. The number of nitrogen functional groups attached to an aromatic ring is 1. The maximum atomic E-state index is 13.0. The number of ether oxygens (including phenoxy) is 1. The van der Waals surface area contributed by atoms with Crippen LogP contribution in [0.4, 0.5) is 9.93 Å². The van der Waals surface area contributed by atoms with Gasteiger partial charge < -0.3 is 36.4 Å². The Kier molecular flexibility index (Phi) is 7.39. The standard InChI is InChI=1S/C17H23N7O10S2/c1-17(2,14(27)28)34-22-10(8-6-35-15(19)20-8)12(25)21-11-9(24(13(11)26)36(30,31)32)5-23-4-7(3-18)33-16(23)29/h6-7,9,11H,3-5,18H2,1-2H3,(H2,19,20)(H,21,25)(H,27,28)(H,30,31,32)/t7-,9-,11+/m1/s1. The van der Waals surface area contributed by atoms with Crippen molar-refractivity contribution >= 4 is 56.4 Å². The minimum Gasteiger partial charge on any atom is -0.478 e. The summed E-state index contributed by atoms with van der Waals surface area (Å²) in [6.45, 7) is 1.90. The lowest BCUT2D eigenvalue weighted by Crippen LogP contribution is -2.74. The van der Waals surface area contributed by atoms with Gasteiger partial charge in [0.2, 0.25) is 5.60 Å². The zero-order valence-corrected chi connectivity index (χ0v) is 20.5. The number of hydrogen-bond donors (Lipinski definition) is 5. The molecule has 0 bridgehead atoms. The van der Waals surface area contributed by atoms with Gasteiger partial charge in [0, 0.05) is 18.5 Å². The van der Waals surface area contributed by atoms with E-state index in [9.17, 15) is 37.3 Å². The summed E-state index contributed by atoms with van der Waals surface area (Å²) in [5.41, 5.74) is 8.56. The summed E-state index contributed by atoms with van der Waals surface area (Å²) in [6, 6.07) is -2.93. The Morgan fingerprint density at radius 1 is 1.42 bits per heavy atom. The summed E-state index contributed by atoms with van der Waals surface area (Å²) in [5.74, 6) is -3.68. The van der Waals surface area contributed by atoms with Crippen molar-refractivity contribution < 1.29 is 46.8 Å². The van der Waals surface area contributed by atoms with Crippen molar-refractivity contribution in [2.75, 3.05) is 25.4 Å². The summed E-state index contributed by atoms with van der Waals surface area (Å²) < 4.78 is 38.1. The van der Waals surface area contributed by atoms with Crippen molar-refractivity contribution in [3.8, 4) is 0 Å². The second-order valence-corrected chi connectivity index (χ2v) is 10.4. The fourth-order valence-electron chi connectivity index (χ4n) is 3.22. The van der Waals surface area contributed by atoms with Crippen LogP contribution < -0.4 is 16.8 Å². The Morgan fingerprint density at radius 3 is 2.58 bits per heavy atom. The van der Waals surface area contributed by atoms with E-state index in [2.05, 4.69) is 15.5 Å². The molecule has 0 radical (unpaired) electrons. The molecule has 1 aromatic heterocycles. The van der Waals surface area contributed by atoms with Gasteiger partial charge in [-0.15, -0.1) is 11.3 Å². The molecule has 17 nitrogen and oxygen atoms in total. The number of nitrogens with zero attached hydrogens (tertiary/aromatic N) is 4. The highest BCUT2D eigenvalue weighted by Gasteiger charge is 2.55. The van der Waals surface area contributed by atoms with E-state index in [1.54, 1.807) is 0 Å². The Hall–Kier alpha value is -3.55. The van der Waals surface area contributed by atoms with Crippen molar-refractivity contribution in [3.05, 3.63) is 11.1 Å². The van der Waals surface area contributed by atoms with Crippen LogP contribution in [0.2, 0.25) is 0 Å². The SMILES string of the molecule is CC(C)(ON=C(C(=O)N[C@@H]1C(=O)N(S(=O)(=O)O)[C@@H]1CN1C[C@@H](CN)OC1=O)c1csc(N)n1)C(=O)O. The van der Waals surface area contributed by atoms with E-state index < -0.39 is 70.2 Å². The van der Waals surface area contributed by atoms with E-state index in [-0.39, 0.29) is 28.2 Å². The molecular formula is C17H23N7O10S2. The third kappa shape index (κ3) is 5.48. The molecule has 3 rings (SSSR count). The Morgan fingerprint density at radius 2 is 2.08 bits per heavy atom. The first kappa shape index (κ1) is 27.0. The number of rotatable bonds is 10. The second kappa shape index (κ2) is 9.84. The summed E-state index contributed by atoms with van der Waals surface area (Å²) in [4.78, 5) is 58.9. The molecule has 3 amide bonds. The predicted octanol–water partition coefficient (Wildman–Crippen LogP) is -2.41. The monoisotopic (exact) mass is 549 g/mol. The number of cyclic esters (lactones) is 1. The number of carboxylic acid groups (broad SMARTS) is 1. The fraction of sp³-hybridized carbons (Fsp3) is 0.529. The van der Waals surface area contributed by atoms with Gasteiger partial charge in [-0.3, -0.25) is 14.1 Å². The van der Waals surface area contributed by atoms with Crippen molar-refractivity contribution in [2.45, 2.75) is 37.6 Å². The fourth-order valence-corrected chi connectivity index (χ4v) is 4.64. The van der Waals surface area contributed by atoms with Crippen LogP contribution in [0.25, 0.3) is 0 Å². The van der Waals surface area contributed by atoms with E-state index in [1.165, 1.54) is 19.2 Å². The first-order valence-corrected chi connectivity index (χ1v) is 12.4. The van der Waals surface area contributed by atoms with Crippen molar-refractivity contribution in [3.63, 3.8) is 0 Å². The highest BCUT2D eigenvalue weighted by Crippen LogP contribution is 2.26. The third-order valence-corrected chi connectivity index (χ3v) is 6.81. The van der Waals surface area contributed by atoms with E-state index >= 15 is 0 Å². The van der Waals surface area contributed by atoms with Gasteiger partial charge in [0.15, 0.2) is 10.8 Å². The van der Waals surface area contributed by atoms with Crippen LogP contribution in [0.3, 0.4) is 0 Å². The highest BCUT2D eigenvalue weighted by molar-refractivity contribution is 7.84. The Labute approximate surface area is 207 Å². The van der Waals surface area contributed by atoms with Gasteiger partial charge in [-0.05, 0) is 13.8 Å². The van der Waals surface area contributed by atoms with Gasteiger partial charge in [-0.1, -0.05) is 5.16 Å². The summed E-state index contributed by atoms with van der Waals surface area (Å²) in [7, 11) is -5.04. The molecule has 3 heterocycles. The zero-order chi connectivity index (χ0) is 27.0. The van der Waals surface area contributed by atoms with Crippen LogP contribution >= 0.6 is 11.3 Å². The summed E-state index contributed by atoms with van der Waals surface area (Å²) >= 11 is 0.935. The maximum Gasteiger partial charge on any atom is 0.410 e. The number of hydrogen-bond acceptors (Lipinski definition) is 13. The number of oxime groups is 1. The van der Waals surface area contributed by atoms with Crippen LogP contribution in [0.15, 0.2) is 10.5 Å². The number of thiazole rings is 1. The smallest absolute Gasteiger partial charge is 0.410 e. The van der Waals surface area contributed by atoms with Crippen LogP contribution in [0.5, 0.6) is 0 Å². The number of nitrogens with one attached hydrogen (secondary N) is 1. The van der Waals surface area contributed by atoms with Gasteiger partial charge in [-0.2, -0.15) is 8.42 Å². The Bertz CT molecular complexity index is 1210. The average Bonchev–Trinajstić information content (AvgIpc) is 3.35. The molecule has 1 aromatic rings. The molecule has 2 saturated heterocycles. The Balaban J connectivity index is 1.86.